The van der Waals surface area contributed by atoms with Crippen LogP contribution in [-0.4, -0.2) is 30.9 Å². The molecule has 1 heterocycles. The van der Waals surface area contributed by atoms with E-state index in [2.05, 4.69) is 5.32 Å². The summed E-state index contributed by atoms with van der Waals surface area (Å²) < 4.78 is 5.40. The van der Waals surface area contributed by atoms with Gasteiger partial charge in [-0.3, -0.25) is 9.59 Å². The van der Waals surface area contributed by atoms with E-state index in [-0.39, 0.29) is 6.10 Å². The minimum Gasteiger partial charge on any atom is -0.376 e. The van der Waals surface area contributed by atoms with Crippen LogP contribution in [0.15, 0.2) is 18.2 Å². The van der Waals surface area contributed by atoms with E-state index in [9.17, 15) is 9.59 Å². The molecule has 4 heteroatoms. The summed E-state index contributed by atoms with van der Waals surface area (Å²) in [4.78, 5) is 23.8. The molecule has 1 fully saturated rings. The molecule has 102 valence electrons. The van der Waals surface area contributed by atoms with Gasteiger partial charge >= 0.3 is 0 Å². The monoisotopic (exact) mass is 261 g/mol. The Balaban J connectivity index is 1.96. The summed E-state index contributed by atoms with van der Waals surface area (Å²) in [5, 5.41) is 2.65. The second kappa shape index (κ2) is 5.97. The highest BCUT2D eigenvalue weighted by Gasteiger charge is 2.21. The molecule has 1 aliphatic heterocycles. The van der Waals surface area contributed by atoms with Crippen molar-refractivity contribution in [1.29, 1.82) is 0 Å². The lowest BCUT2D eigenvalue weighted by molar-refractivity contribution is -0.117. The Morgan fingerprint density at radius 2 is 2.16 bits per heavy atom. The second-order valence-corrected chi connectivity index (χ2v) is 4.99. The van der Waals surface area contributed by atoms with Crippen molar-refractivity contribution in [3.8, 4) is 0 Å². The Morgan fingerprint density at radius 1 is 1.37 bits per heavy atom. The normalized spacial score (nSPS) is 18.3. The zero-order chi connectivity index (χ0) is 13.8. The Kier molecular flexibility index (Phi) is 4.32. The van der Waals surface area contributed by atoms with E-state index in [1.807, 2.05) is 26.0 Å². The van der Waals surface area contributed by atoms with Crippen molar-refractivity contribution in [1.82, 2.24) is 5.32 Å². The highest BCUT2D eigenvalue weighted by atomic mass is 16.5. The number of hydrogen-bond acceptors (Lipinski definition) is 3. The molecule has 2 rings (SSSR count). The van der Waals surface area contributed by atoms with Crippen LogP contribution in [0.4, 0.5) is 0 Å². The quantitative estimate of drug-likeness (QED) is 0.664. The predicted molar refractivity (Wildman–Crippen MR) is 72.2 cm³/mol. The van der Waals surface area contributed by atoms with Gasteiger partial charge in [0.05, 0.1) is 6.10 Å². The average Bonchev–Trinajstić information content (AvgIpc) is 2.88. The van der Waals surface area contributed by atoms with Gasteiger partial charge in [0.2, 0.25) is 5.78 Å². The third kappa shape index (κ3) is 3.41. The first-order valence-electron chi connectivity index (χ1n) is 6.59. The number of aryl methyl sites for hydroxylation is 2. The van der Waals surface area contributed by atoms with Crippen LogP contribution < -0.4 is 5.32 Å². The van der Waals surface area contributed by atoms with Gasteiger partial charge in [-0.1, -0.05) is 23.8 Å². The molecule has 0 radical (unpaired) electrons. The molecule has 1 amide bonds. The number of carbonyl (C=O) groups excluding carboxylic acids is 2. The minimum atomic E-state index is -0.553. The molecule has 0 spiro atoms. The summed E-state index contributed by atoms with van der Waals surface area (Å²) >= 11 is 0. The maximum atomic E-state index is 12.0. The molecule has 1 saturated heterocycles. The Labute approximate surface area is 113 Å². The zero-order valence-corrected chi connectivity index (χ0v) is 11.4. The van der Waals surface area contributed by atoms with Crippen LogP contribution in [0.1, 0.15) is 34.3 Å². The van der Waals surface area contributed by atoms with E-state index in [1.54, 1.807) is 6.07 Å². The SMILES string of the molecule is Cc1ccc(C(=O)C(=O)NCC2CCCO2)c(C)c1. The number of Topliss-reactive ketones (excluding diaryl/α,β-unsaturated/α-hetero) is 1. The zero-order valence-electron chi connectivity index (χ0n) is 11.4. The van der Waals surface area contributed by atoms with Gasteiger partial charge in [-0.25, -0.2) is 0 Å². The third-order valence-corrected chi connectivity index (χ3v) is 3.35. The van der Waals surface area contributed by atoms with Gasteiger partial charge in [-0.15, -0.1) is 0 Å². The largest absolute Gasteiger partial charge is 0.376 e. The molecule has 1 aromatic carbocycles. The van der Waals surface area contributed by atoms with Crippen LogP contribution in [0, 0.1) is 13.8 Å². The number of carbonyl (C=O) groups is 2. The number of benzene rings is 1. The van der Waals surface area contributed by atoms with Crippen molar-refractivity contribution in [3.05, 3.63) is 34.9 Å². The van der Waals surface area contributed by atoms with Crippen molar-refractivity contribution in [2.45, 2.75) is 32.8 Å². The van der Waals surface area contributed by atoms with Crippen molar-refractivity contribution in [3.63, 3.8) is 0 Å². The van der Waals surface area contributed by atoms with E-state index < -0.39 is 11.7 Å². The molecule has 4 nitrogen and oxygen atoms in total. The molecule has 19 heavy (non-hydrogen) atoms. The molecule has 0 bridgehead atoms. The fraction of sp³-hybridized carbons (Fsp3) is 0.467. The molecule has 1 atom stereocenters. The van der Waals surface area contributed by atoms with E-state index in [4.69, 9.17) is 4.74 Å². The summed E-state index contributed by atoms with van der Waals surface area (Å²) in [6, 6.07) is 5.45. The number of rotatable bonds is 4. The molecule has 1 N–H and O–H groups in total. The lowest BCUT2D eigenvalue weighted by Crippen LogP contribution is -2.36. The smallest absolute Gasteiger partial charge is 0.292 e. The molecular weight excluding hydrogens is 242 g/mol. The van der Waals surface area contributed by atoms with Crippen LogP contribution in [0.5, 0.6) is 0 Å². The number of nitrogens with one attached hydrogen (secondary N) is 1. The topological polar surface area (TPSA) is 55.4 Å². The van der Waals surface area contributed by atoms with Crippen LogP contribution in [-0.2, 0) is 9.53 Å². The summed E-state index contributed by atoms with van der Waals surface area (Å²) in [6.45, 7) is 4.95. The number of hydrogen-bond donors (Lipinski definition) is 1. The van der Waals surface area contributed by atoms with Crippen molar-refractivity contribution in [2.24, 2.45) is 0 Å². The number of ether oxygens (including phenoxy) is 1. The fourth-order valence-electron chi connectivity index (χ4n) is 2.28. The Morgan fingerprint density at radius 3 is 2.79 bits per heavy atom. The lowest BCUT2D eigenvalue weighted by Gasteiger charge is -2.11. The number of amides is 1. The molecule has 1 aromatic rings. The first-order valence-corrected chi connectivity index (χ1v) is 6.59. The summed E-state index contributed by atoms with van der Waals surface area (Å²) in [5.41, 5.74) is 2.38. The van der Waals surface area contributed by atoms with Gasteiger partial charge in [0.15, 0.2) is 0 Å². The van der Waals surface area contributed by atoms with Crippen LogP contribution in [0.2, 0.25) is 0 Å². The lowest BCUT2D eigenvalue weighted by atomic mass is 10.0. The molecule has 0 aliphatic carbocycles. The molecular formula is C15H19NO3. The van der Waals surface area contributed by atoms with Gasteiger partial charge in [-0.2, -0.15) is 0 Å². The first-order chi connectivity index (χ1) is 9.08. The maximum Gasteiger partial charge on any atom is 0.292 e. The van der Waals surface area contributed by atoms with E-state index in [1.165, 1.54) is 0 Å². The highest BCUT2D eigenvalue weighted by molar-refractivity contribution is 6.43. The Hall–Kier alpha value is -1.68. The van der Waals surface area contributed by atoms with Crippen LogP contribution in [0.25, 0.3) is 0 Å². The van der Waals surface area contributed by atoms with Gasteiger partial charge in [-0.05, 0) is 32.3 Å². The third-order valence-electron chi connectivity index (χ3n) is 3.35. The van der Waals surface area contributed by atoms with Crippen LogP contribution >= 0.6 is 0 Å². The standard InChI is InChI=1S/C15H19NO3/c1-10-5-6-13(11(2)8-10)14(17)15(18)16-9-12-4-3-7-19-12/h5-6,8,12H,3-4,7,9H2,1-2H3,(H,16,18). The van der Waals surface area contributed by atoms with Gasteiger partial charge < -0.3 is 10.1 Å². The van der Waals surface area contributed by atoms with Crippen LogP contribution in [0.3, 0.4) is 0 Å². The fourth-order valence-corrected chi connectivity index (χ4v) is 2.28. The average molecular weight is 261 g/mol. The molecule has 0 saturated carbocycles. The number of ketones is 1. The van der Waals surface area contributed by atoms with E-state index in [0.717, 1.165) is 30.6 Å². The minimum absolute atomic E-state index is 0.0517. The summed E-state index contributed by atoms with van der Waals surface area (Å²) in [6.07, 6.45) is 2.01. The summed E-state index contributed by atoms with van der Waals surface area (Å²) in [5.74, 6) is -1.03. The van der Waals surface area contributed by atoms with Crippen molar-refractivity contribution < 1.29 is 14.3 Å². The molecule has 1 unspecified atom stereocenters. The predicted octanol–water partition coefficient (Wildman–Crippen LogP) is 1.78. The second-order valence-electron chi connectivity index (χ2n) is 4.99. The van der Waals surface area contributed by atoms with Gasteiger partial charge in [0, 0.05) is 18.7 Å². The van der Waals surface area contributed by atoms with Gasteiger partial charge in [0.25, 0.3) is 5.91 Å². The highest BCUT2D eigenvalue weighted by Crippen LogP contribution is 2.12. The van der Waals surface area contributed by atoms with E-state index in [0.29, 0.717) is 12.1 Å². The van der Waals surface area contributed by atoms with Gasteiger partial charge in [0.1, 0.15) is 0 Å². The van der Waals surface area contributed by atoms with E-state index >= 15 is 0 Å². The molecule has 0 aromatic heterocycles. The first kappa shape index (κ1) is 13.7. The van der Waals surface area contributed by atoms with Crippen molar-refractivity contribution >= 4 is 11.7 Å². The molecule has 1 aliphatic rings. The van der Waals surface area contributed by atoms with Crippen molar-refractivity contribution in [2.75, 3.05) is 13.2 Å². The summed E-state index contributed by atoms with van der Waals surface area (Å²) in [7, 11) is 0. The Bertz CT molecular complexity index is 490. The maximum absolute atomic E-state index is 12.0.